The largest absolute Gasteiger partial charge is 0.397 e. The van der Waals surface area contributed by atoms with Crippen molar-refractivity contribution in [3.05, 3.63) is 42.0 Å². The summed E-state index contributed by atoms with van der Waals surface area (Å²) in [5.74, 6) is 0.938. The van der Waals surface area contributed by atoms with Crippen LogP contribution >= 0.6 is 0 Å². The molecule has 0 spiro atoms. The number of nitrogens with zero attached hydrogens (tertiary/aromatic N) is 1. The highest BCUT2D eigenvalue weighted by Crippen LogP contribution is 2.25. The minimum Gasteiger partial charge on any atom is -0.397 e. The predicted octanol–water partition coefficient (Wildman–Crippen LogP) is 2.86. The van der Waals surface area contributed by atoms with E-state index in [0.29, 0.717) is 0 Å². The first kappa shape index (κ1) is 11.5. The molecule has 90 valence electrons. The van der Waals surface area contributed by atoms with Crippen molar-refractivity contribution in [2.75, 3.05) is 11.1 Å². The number of hydrogen-bond acceptors (Lipinski definition) is 3. The van der Waals surface area contributed by atoms with Crippen LogP contribution in [0.1, 0.15) is 30.8 Å². The van der Waals surface area contributed by atoms with Crippen LogP contribution in [-0.2, 0) is 0 Å². The molecule has 0 amide bonds. The van der Waals surface area contributed by atoms with Gasteiger partial charge < -0.3 is 16.0 Å². The van der Waals surface area contributed by atoms with Crippen LogP contribution in [0.25, 0.3) is 0 Å². The Kier molecular flexibility index (Phi) is 3.32. The standard InChI is InChI=1S/C13H18N4/c1-3-11(13-15-6-7-16-13)17-12-8-9(2)4-5-10(12)14/h4-8,11,17H,3,14H2,1-2H3,(H,15,16). The summed E-state index contributed by atoms with van der Waals surface area (Å²) < 4.78 is 0. The maximum atomic E-state index is 5.95. The van der Waals surface area contributed by atoms with Gasteiger partial charge in [0.25, 0.3) is 0 Å². The number of aryl methyl sites for hydroxylation is 1. The molecule has 0 saturated heterocycles. The number of benzene rings is 1. The topological polar surface area (TPSA) is 66.7 Å². The van der Waals surface area contributed by atoms with Crippen molar-refractivity contribution in [1.82, 2.24) is 9.97 Å². The van der Waals surface area contributed by atoms with E-state index in [0.717, 1.165) is 23.6 Å². The van der Waals surface area contributed by atoms with Crippen LogP contribution in [0.15, 0.2) is 30.6 Å². The Morgan fingerprint density at radius 3 is 2.94 bits per heavy atom. The first-order chi connectivity index (χ1) is 8.20. The molecule has 4 heteroatoms. The second kappa shape index (κ2) is 4.91. The molecule has 0 aliphatic heterocycles. The van der Waals surface area contributed by atoms with Crippen LogP contribution < -0.4 is 11.1 Å². The molecule has 1 aromatic carbocycles. The average molecular weight is 230 g/mol. The Labute approximate surface area is 101 Å². The molecule has 17 heavy (non-hydrogen) atoms. The Morgan fingerprint density at radius 2 is 2.29 bits per heavy atom. The van der Waals surface area contributed by atoms with Gasteiger partial charge in [0.15, 0.2) is 0 Å². The number of hydrogen-bond donors (Lipinski definition) is 3. The summed E-state index contributed by atoms with van der Waals surface area (Å²) >= 11 is 0. The highest BCUT2D eigenvalue weighted by atomic mass is 15.0. The fraction of sp³-hybridized carbons (Fsp3) is 0.308. The summed E-state index contributed by atoms with van der Waals surface area (Å²) in [6.07, 6.45) is 4.54. The molecular formula is C13H18N4. The number of nitrogens with two attached hydrogens (primary N) is 1. The van der Waals surface area contributed by atoms with Crippen LogP contribution in [0, 0.1) is 6.92 Å². The van der Waals surface area contributed by atoms with E-state index in [-0.39, 0.29) is 6.04 Å². The van der Waals surface area contributed by atoms with Crippen molar-refractivity contribution in [3.8, 4) is 0 Å². The summed E-state index contributed by atoms with van der Waals surface area (Å²) in [6.45, 7) is 4.17. The number of anilines is 2. The van der Waals surface area contributed by atoms with Crippen LogP contribution in [0.5, 0.6) is 0 Å². The highest BCUT2D eigenvalue weighted by molar-refractivity contribution is 5.67. The summed E-state index contributed by atoms with van der Waals surface area (Å²) in [4.78, 5) is 7.40. The van der Waals surface area contributed by atoms with Crippen molar-refractivity contribution in [2.45, 2.75) is 26.3 Å². The summed E-state index contributed by atoms with van der Waals surface area (Å²) in [6, 6.07) is 6.15. The van der Waals surface area contributed by atoms with Gasteiger partial charge in [-0.05, 0) is 31.0 Å². The smallest absolute Gasteiger partial charge is 0.128 e. The van der Waals surface area contributed by atoms with E-state index in [1.165, 1.54) is 5.56 Å². The number of aromatic nitrogens is 2. The van der Waals surface area contributed by atoms with Crippen LogP contribution in [0.2, 0.25) is 0 Å². The first-order valence-corrected chi connectivity index (χ1v) is 5.82. The van der Waals surface area contributed by atoms with E-state index in [4.69, 9.17) is 5.73 Å². The van der Waals surface area contributed by atoms with Crippen LogP contribution in [-0.4, -0.2) is 9.97 Å². The summed E-state index contributed by atoms with van der Waals surface area (Å²) in [5.41, 5.74) is 8.87. The van der Waals surface area contributed by atoms with Crippen molar-refractivity contribution in [3.63, 3.8) is 0 Å². The zero-order chi connectivity index (χ0) is 12.3. The quantitative estimate of drug-likeness (QED) is 0.707. The lowest BCUT2D eigenvalue weighted by Gasteiger charge is -2.18. The van der Waals surface area contributed by atoms with E-state index in [1.54, 1.807) is 6.20 Å². The van der Waals surface area contributed by atoms with Gasteiger partial charge in [0.05, 0.1) is 17.4 Å². The van der Waals surface area contributed by atoms with E-state index in [9.17, 15) is 0 Å². The molecule has 1 heterocycles. The molecule has 1 aromatic heterocycles. The van der Waals surface area contributed by atoms with Gasteiger partial charge >= 0.3 is 0 Å². The Bertz CT molecular complexity index is 476. The van der Waals surface area contributed by atoms with E-state index < -0.39 is 0 Å². The van der Waals surface area contributed by atoms with E-state index in [2.05, 4.69) is 35.2 Å². The number of nitrogens with one attached hydrogen (secondary N) is 2. The highest BCUT2D eigenvalue weighted by Gasteiger charge is 2.12. The Morgan fingerprint density at radius 1 is 1.47 bits per heavy atom. The summed E-state index contributed by atoms with van der Waals surface area (Å²) in [7, 11) is 0. The molecule has 0 aliphatic carbocycles. The molecule has 4 N–H and O–H groups in total. The predicted molar refractivity (Wildman–Crippen MR) is 70.8 cm³/mol. The molecular weight excluding hydrogens is 212 g/mol. The fourth-order valence-corrected chi connectivity index (χ4v) is 1.81. The molecule has 2 aromatic rings. The number of imidazole rings is 1. The molecule has 0 fully saturated rings. The van der Waals surface area contributed by atoms with Crippen LogP contribution in [0.4, 0.5) is 11.4 Å². The molecule has 0 bridgehead atoms. The maximum Gasteiger partial charge on any atom is 0.128 e. The Balaban J connectivity index is 2.21. The van der Waals surface area contributed by atoms with Gasteiger partial charge in [-0.25, -0.2) is 4.98 Å². The lowest BCUT2D eigenvalue weighted by atomic mass is 10.1. The van der Waals surface area contributed by atoms with Gasteiger partial charge in [-0.15, -0.1) is 0 Å². The maximum absolute atomic E-state index is 5.95. The number of nitrogen functional groups attached to an aromatic ring is 1. The molecule has 0 aliphatic rings. The van der Waals surface area contributed by atoms with E-state index >= 15 is 0 Å². The van der Waals surface area contributed by atoms with Crippen molar-refractivity contribution < 1.29 is 0 Å². The minimum absolute atomic E-state index is 0.161. The lowest BCUT2D eigenvalue weighted by molar-refractivity contribution is 0.704. The van der Waals surface area contributed by atoms with Crippen LogP contribution in [0.3, 0.4) is 0 Å². The number of rotatable bonds is 4. The third kappa shape index (κ3) is 2.58. The Hall–Kier alpha value is -1.97. The zero-order valence-electron chi connectivity index (χ0n) is 10.2. The average Bonchev–Trinajstić information content (AvgIpc) is 2.84. The lowest BCUT2D eigenvalue weighted by Crippen LogP contribution is -2.12. The third-order valence-corrected chi connectivity index (χ3v) is 2.80. The van der Waals surface area contributed by atoms with Gasteiger partial charge in [-0.2, -0.15) is 0 Å². The molecule has 4 nitrogen and oxygen atoms in total. The zero-order valence-corrected chi connectivity index (χ0v) is 10.2. The number of H-pyrrole nitrogens is 1. The summed E-state index contributed by atoms with van der Waals surface area (Å²) in [5, 5.41) is 3.42. The fourth-order valence-electron chi connectivity index (χ4n) is 1.81. The minimum atomic E-state index is 0.161. The van der Waals surface area contributed by atoms with Crippen molar-refractivity contribution in [2.24, 2.45) is 0 Å². The molecule has 0 radical (unpaired) electrons. The molecule has 2 rings (SSSR count). The third-order valence-electron chi connectivity index (χ3n) is 2.80. The van der Waals surface area contributed by atoms with Gasteiger partial charge in [-0.3, -0.25) is 0 Å². The number of aromatic amines is 1. The van der Waals surface area contributed by atoms with Crippen molar-refractivity contribution in [1.29, 1.82) is 0 Å². The SMILES string of the molecule is CCC(Nc1cc(C)ccc1N)c1ncc[nH]1. The first-order valence-electron chi connectivity index (χ1n) is 5.82. The van der Waals surface area contributed by atoms with Gasteiger partial charge in [0, 0.05) is 12.4 Å². The normalized spacial score (nSPS) is 12.4. The molecule has 0 saturated carbocycles. The molecule has 1 unspecified atom stereocenters. The second-order valence-corrected chi connectivity index (χ2v) is 4.17. The van der Waals surface area contributed by atoms with Gasteiger partial charge in [0.2, 0.25) is 0 Å². The van der Waals surface area contributed by atoms with Gasteiger partial charge in [-0.1, -0.05) is 13.0 Å². The van der Waals surface area contributed by atoms with Crippen molar-refractivity contribution >= 4 is 11.4 Å². The van der Waals surface area contributed by atoms with Gasteiger partial charge in [0.1, 0.15) is 5.82 Å². The van der Waals surface area contributed by atoms with E-state index in [1.807, 2.05) is 18.3 Å². The molecule has 1 atom stereocenters. The second-order valence-electron chi connectivity index (χ2n) is 4.17. The monoisotopic (exact) mass is 230 g/mol.